The van der Waals surface area contributed by atoms with E-state index in [-0.39, 0.29) is 17.7 Å². The lowest BCUT2D eigenvalue weighted by Crippen LogP contribution is -2.27. The highest BCUT2D eigenvalue weighted by Gasteiger charge is 2.27. The fraction of sp³-hybridized carbons (Fsp3) is 0.400. The first-order chi connectivity index (χ1) is 12.0. The Bertz CT molecular complexity index is 777. The number of hydrogen-bond acceptors (Lipinski definition) is 3. The second-order valence-corrected chi connectivity index (χ2v) is 7.87. The predicted octanol–water partition coefficient (Wildman–Crippen LogP) is 3.76. The molecule has 1 aromatic carbocycles. The van der Waals surface area contributed by atoms with E-state index in [1.165, 1.54) is 10.4 Å². The number of thiophene rings is 1. The van der Waals surface area contributed by atoms with E-state index in [0.29, 0.717) is 6.42 Å². The number of rotatable bonds is 4. The number of benzene rings is 1. The van der Waals surface area contributed by atoms with Crippen molar-refractivity contribution in [3.8, 4) is 0 Å². The Morgan fingerprint density at radius 3 is 2.60 bits per heavy atom. The standard InChI is InChI=1S/C20H24N2O2S/c1-4-13-5-8-16(9-6-13)21-19(23)14-7-10-17-15(11-14)12-18(25-17)20(24)22(2)3/h5-6,8-9,12,14H,4,7,10-11H2,1-3H3,(H,21,23). The van der Waals surface area contributed by atoms with Crippen molar-refractivity contribution < 1.29 is 9.59 Å². The zero-order valence-electron chi connectivity index (χ0n) is 15.0. The lowest BCUT2D eigenvalue weighted by Gasteiger charge is -2.21. The molecule has 0 bridgehead atoms. The molecule has 5 heteroatoms. The third kappa shape index (κ3) is 3.93. The van der Waals surface area contributed by atoms with Crippen LogP contribution in [0.15, 0.2) is 30.3 Å². The van der Waals surface area contributed by atoms with Crippen LogP contribution in [0, 0.1) is 5.92 Å². The van der Waals surface area contributed by atoms with Crippen LogP contribution in [0.4, 0.5) is 5.69 Å². The third-order valence-corrected chi connectivity index (χ3v) is 5.93. The first-order valence-electron chi connectivity index (χ1n) is 8.71. The molecule has 0 radical (unpaired) electrons. The largest absolute Gasteiger partial charge is 0.344 e. The second kappa shape index (κ2) is 7.40. The molecule has 132 valence electrons. The smallest absolute Gasteiger partial charge is 0.263 e. The van der Waals surface area contributed by atoms with Crippen LogP contribution in [0.3, 0.4) is 0 Å². The molecule has 1 heterocycles. The maximum atomic E-state index is 12.6. The van der Waals surface area contributed by atoms with E-state index in [0.717, 1.165) is 35.4 Å². The fourth-order valence-corrected chi connectivity index (χ4v) is 4.37. The molecule has 0 fully saturated rings. The number of hydrogen-bond donors (Lipinski definition) is 1. The van der Waals surface area contributed by atoms with Crippen molar-refractivity contribution in [2.24, 2.45) is 5.92 Å². The molecule has 1 unspecified atom stereocenters. The molecule has 1 aromatic heterocycles. The summed E-state index contributed by atoms with van der Waals surface area (Å²) in [5.41, 5.74) is 3.27. The van der Waals surface area contributed by atoms with Crippen molar-refractivity contribution in [2.45, 2.75) is 32.6 Å². The van der Waals surface area contributed by atoms with Crippen LogP contribution in [0.5, 0.6) is 0 Å². The maximum absolute atomic E-state index is 12.6. The Labute approximate surface area is 152 Å². The molecule has 25 heavy (non-hydrogen) atoms. The first-order valence-corrected chi connectivity index (χ1v) is 9.52. The maximum Gasteiger partial charge on any atom is 0.263 e. The molecule has 1 N–H and O–H groups in total. The predicted molar refractivity (Wildman–Crippen MR) is 102 cm³/mol. The van der Waals surface area contributed by atoms with Crippen LogP contribution in [0.1, 0.15) is 39.0 Å². The Kier molecular flexibility index (Phi) is 5.23. The number of nitrogens with one attached hydrogen (secondary N) is 1. The van der Waals surface area contributed by atoms with Gasteiger partial charge >= 0.3 is 0 Å². The van der Waals surface area contributed by atoms with Gasteiger partial charge in [-0.05, 0) is 55.0 Å². The van der Waals surface area contributed by atoms with E-state index < -0.39 is 0 Å². The molecule has 1 aliphatic carbocycles. The van der Waals surface area contributed by atoms with Gasteiger partial charge in [0.15, 0.2) is 0 Å². The zero-order chi connectivity index (χ0) is 18.0. The van der Waals surface area contributed by atoms with Gasteiger partial charge in [0, 0.05) is 30.6 Å². The number of amides is 2. The van der Waals surface area contributed by atoms with Gasteiger partial charge in [-0.15, -0.1) is 11.3 Å². The van der Waals surface area contributed by atoms with Crippen LogP contribution in [-0.4, -0.2) is 30.8 Å². The van der Waals surface area contributed by atoms with Crippen LogP contribution in [0.2, 0.25) is 0 Å². The van der Waals surface area contributed by atoms with Crippen LogP contribution in [0.25, 0.3) is 0 Å². The summed E-state index contributed by atoms with van der Waals surface area (Å²) >= 11 is 1.57. The minimum absolute atomic E-state index is 0.0322. The summed E-state index contributed by atoms with van der Waals surface area (Å²) < 4.78 is 0. The number of carbonyl (C=O) groups excluding carboxylic acids is 2. The summed E-state index contributed by atoms with van der Waals surface area (Å²) in [6.45, 7) is 2.11. The number of fused-ring (bicyclic) bond motifs is 1. The average molecular weight is 356 g/mol. The van der Waals surface area contributed by atoms with Crippen LogP contribution < -0.4 is 5.32 Å². The van der Waals surface area contributed by atoms with E-state index in [1.54, 1.807) is 30.3 Å². The van der Waals surface area contributed by atoms with E-state index in [1.807, 2.05) is 30.3 Å². The number of anilines is 1. The van der Waals surface area contributed by atoms with Gasteiger partial charge < -0.3 is 10.2 Å². The Morgan fingerprint density at radius 2 is 1.96 bits per heavy atom. The van der Waals surface area contributed by atoms with Gasteiger partial charge in [0.1, 0.15) is 0 Å². The molecule has 2 aromatic rings. The fourth-order valence-electron chi connectivity index (χ4n) is 3.14. The third-order valence-electron chi connectivity index (χ3n) is 4.70. The Hall–Kier alpha value is -2.14. The Balaban J connectivity index is 1.67. The van der Waals surface area contributed by atoms with Gasteiger partial charge in [-0.25, -0.2) is 0 Å². The molecule has 1 atom stereocenters. The molecule has 0 saturated carbocycles. The lowest BCUT2D eigenvalue weighted by atomic mass is 9.87. The van der Waals surface area contributed by atoms with Crippen molar-refractivity contribution in [1.82, 2.24) is 4.90 Å². The summed E-state index contributed by atoms with van der Waals surface area (Å²) in [6.07, 6.45) is 3.41. The molecule has 4 nitrogen and oxygen atoms in total. The normalized spacial score (nSPS) is 16.2. The van der Waals surface area contributed by atoms with E-state index in [2.05, 4.69) is 12.2 Å². The van der Waals surface area contributed by atoms with Crippen molar-refractivity contribution in [3.05, 3.63) is 51.2 Å². The number of aryl methyl sites for hydroxylation is 2. The lowest BCUT2D eigenvalue weighted by molar-refractivity contribution is -0.120. The van der Waals surface area contributed by atoms with Crippen LogP contribution in [-0.2, 0) is 24.1 Å². The molecule has 3 rings (SSSR count). The van der Waals surface area contributed by atoms with Gasteiger partial charge in [0.05, 0.1) is 4.88 Å². The molecular weight excluding hydrogens is 332 g/mol. The first kappa shape index (κ1) is 17.7. The van der Waals surface area contributed by atoms with E-state index in [4.69, 9.17) is 0 Å². The highest BCUT2D eigenvalue weighted by Crippen LogP contribution is 2.33. The average Bonchev–Trinajstić information content (AvgIpc) is 3.04. The Morgan fingerprint density at radius 1 is 1.24 bits per heavy atom. The highest BCUT2D eigenvalue weighted by molar-refractivity contribution is 7.14. The molecule has 1 aliphatic rings. The van der Waals surface area contributed by atoms with E-state index in [9.17, 15) is 9.59 Å². The quantitative estimate of drug-likeness (QED) is 0.907. The SMILES string of the molecule is CCc1ccc(NC(=O)C2CCc3sc(C(=O)N(C)C)cc3C2)cc1. The summed E-state index contributed by atoms with van der Waals surface area (Å²) in [5.74, 6) is 0.0771. The molecular formula is C20H24N2O2S. The van der Waals surface area contributed by atoms with Crippen molar-refractivity contribution in [2.75, 3.05) is 19.4 Å². The molecule has 2 amide bonds. The second-order valence-electron chi connectivity index (χ2n) is 6.74. The van der Waals surface area contributed by atoms with Gasteiger partial charge in [0.2, 0.25) is 5.91 Å². The van der Waals surface area contributed by atoms with Gasteiger partial charge in [-0.1, -0.05) is 19.1 Å². The summed E-state index contributed by atoms with van der Waals surface area (Å²) in [6, 6.07) is 9.99. The van der Waals surface area contributed by atoms with Gasteiger partial charge in [-0.3, -0.25) is 9.59 Å². The van der Waals surface area contributed by atoms with Crippen molar-refractivity contribution >= 4 is 28.8 Å². The van der Waals surface area contributed by atoms with Gasteiger partial charge in [0.25, 0.3) is 5.91 Å². The molecule has 0 spiro atoms. The zero-order valence-corrected chi connectivity index (χ0v) is 15.8. The monoisotopic (exact) mass is 356 g/mol. The minimum Gasteiger partial charge on any atom is -0.344 e. The van der Waals surface area contributed by atoms with Crippen LogP contribution >= 0.6 is 11.3 Å². The van der Waals surface area contributed by atoms with Crippen molar-refractivity contribution in [3.63, 3.8) is 0 Å². The topological polar surface area (TPSA) is 49.4 Å². The number of carbonyl (C=O) groups is 2. The molecule has 0 aliphatic heterocycles. The summed E-state index contributed by atoms with van der Waals surface area (Å²) in [4.78, 5) is 28.3. The van der Waals surface area contributed by atoms with E-state index >= 15 is 0 Å². The summed E-state index contributed by atoms with van der Waals surface area (Å²) in [5, 5.41) is 3.03. The number of nitrogens with zero attached hydrogens (tertiary/aromatic N) is 1. The molecule has 0 saturated heterocycles. The van der Waals surface area contributed by atoms with Gasteiger partial charge in [-0.2, -0.15) is 0 Å². The van der Waals surface area contributed by atoms with Crippen molar-refractivity contribution in [1.29, 1.82) is 0 Å². The minimum atomic E-state index is -0.0322. The highest BCUT2D eigenvalue weighted by atomic mass is 32.1. The summed E-state index contributed by atoms with van der Waals surface area (Å²) in [7, 11) is 3.53.